The summed E-state index contributed by atoms with van der Waals surface area (Å²) in [5.74, 6) is 1.93. The first-order valence-corrected chi connectivity index (χ1v) is 8.07. The molecule has 3 N–H and O–H groups in total. The van der Waals surface area contributed by atoms with E-state index < -0.39 is 0 Å². The van der Waals surface area contributed by atoms with Crippen molar-refractivity contribution < 1.29 is 9.47 Å². The predicted octanol–water partition coefficient (Wildman–Crippen LogP) is 4.11. The number of ether oxygens (including phenoxy) is 2. The molecule has 0 atom stereocenters. The van der Waals surface area contributed by atoms with Gasteiger partial charge in [-0.25, -0.2) is 4.98 Å². The lowest BCUT2D eigenvalue weighted by atomic mass is 10.2. The van der Waals surface area contributed by atoms with Crippen LogP contribution in [-0.4, -0.2) is 10.1 Å². The second-order valence-electron chi connectivity index (χ2n) is 5.22. The van der Waals surface area contributed by atoms with Crippen LogP contribution < -0.4 is 20.5 Å². The number of hydrogen-bond acceptors (Lipinski definition) is 4. The second kappa shape index (κ2) is 8.12. The molecule has 0 amide bonds. The molecular weight excluding hydrogens is 334 g/mol. The summed E-state index contributed by atoms with van der Waals surface area (Å²) in [6.07, 6.45) is 1.60. The first kappa shape index (κ1) is 16.7. The van der Waals surface area contributed by atoms with Crippen LogP contribution in [0.25, 0.3) is 0 Å². The third kappa shape index (κ3) is 5.19. The van der Waals surface area contributed by atoms with E-state index in [1.54, 1.807) is 18.3 Å². The van der Waals surface area contributed by atoms with E-state index in [1.807, 2.05) is 54.6 Å². The molecule has 2 aromatic carbocycles. The number of pyridine rings is 1. The van der Waals surface area contributed by atoms with Crippen LogP contribution in [0.1, 0.15) is 5.56 Å². The molecule has 0 radical (unpaired) electrons. The largest absolute Gasteiger partial charge is 0.489 e. The van der Waals surface area contributed by atoms with E-state index in [2.05, 4.69) is 10.3 Å². The van der Waals surface area contributed by atoms with Crippen LogP contribution in [0, 0.1) is 0 Å². The van der Waals surface area contributed by atoms with Gasteiger partial charge < -0.3 is 20.5 Å². The molecule has 0 saturated carbocycles. The van der Waals surface area contributed by atoms with Gasteiger partial charge in [-0.3, -0.25) is 0 Å². The minimum Gasteiger partial charge on any atom is -0.489 e. The number of rotatable bonds is 6. The molecule has 0 aliphatic rings. The maximum absolute atomic E-state index is 5.75. The molecule has 3 aromatic rings. The fraction of sp³-hybridized carbons (Fsp3) is 0.0526. The molecule has 3 rings (SSSR count). The molecular formula is C19H17N3O2S. The molecule has 0 spiro atoms. The van der Waals surface area contributed by atoms with Gasteiger partial charge in [0.2, 0.25) is 5.88 Å². The van der Waals surface area contributed by atoms with Crippen molar-refractivity contribution in [2.75, 3.05) is 5.32 Å². The molecule has 0 unspecified atom stereocenters. The maximum Gasteiger partial charge on any atom is 0.219 e. The molecule has 0 saturated heterocycles. The molecule has 5 nitrogen and oxygen atoms in total. The summed E-state index contributed by atoms with van der Waals surface area (Å²) in [6.45, 7) is 0.528. The molecule has 0 aliphatic carbocycles. The number of nitrogens with two attached hydrogens (primary N) is 1. The Morgan fingerprint density at radius 3 is 2.32 bits per heavy atom. The second-order valence-corrected chi connectivity index (χ2v) is 5.66. The summed E-state index contributed by atoms with van der Waals surface area (Å²) < 4.78 is 11.4. The van der Waals surface area contributed by atoms with Crippen LogP contribution >= 0.6 is 12.2 Å². The van der Waals surface area contributed by atoms with Crippen molar-refractivity contribution in [2.24, 2.45) is 5.73 Å². The Morgan fingerprint density at radius 2 is 1.68 bits per heavy atom. The fourth-order valence-electron chi connectivity index (χ4n) is 2.12. The first-order valence-electron chi connectivity index (χ1n) is 7.66. The van der Waals surface area contributed by atoms with E-state index in [4.69, 9.17) is 27.4 Å². The molecule has 126 valence electrons. The van der Waals surface area contributed by atoms with Crippen molar-refractivity contribution in [1.29, 1.82) is 0 Å². The van der Waals surface area contributed by atoms with E-state index in [9.17, 15) is 0 Å². The zero-order valence-electron chi connectivity index (χ0n) is 13.4. The summed E-state index contributed by atoms with van der Waals surface area (Å²) in [5, 5.41) is 3.00. The van der Waals surface area contributed by atoms with Gasteiger partial charge in [-0.05, 0) is 48.1 Å². The van der Waals surface area contributed by atoms with Gasteiger partial charge in [-0.2, -0.15) is 0 Å². The lowest BCUT2D eigenvalue weighted by molar-refractivity contribution is 0.305. The average Bonchev–Trinajstić information content (AvgIpc) is 2.63. The Labute approximate surface area is 151 Å². The number of benzene rings is 2. The lowest BCUT2D eigenvalue weighted by Crippen LogP contribution is -2.18. The number of hydrogen-bond donors (Lipinski definition) is 2. The molecule has 25 heavy (non-hydrogen) atoms. The third-order valence-electron chi connectivity index (χ3n) is 3.30. The van der Waals surface area contributed by atoms with Gasteiger partial charge >= 0.3 is 0 Å². The topological polar surface area (TPSA) is 69.4 Å². The predicted molar refractivity (Wildman–Crippen MR) is 102 cm³/mol. The Bertz CT molecular complexity index is 822. The van der Waals surface area contributed by atoms with Crippen LogP contribution in [0.5, 0.6) is 17.4 Å². The molecule has 0 bridgehead atoms. The van der Waals surface area contributed by atoms with Gasteiger partial charge in [0, 0.05) is 6.07 Å². The van der Waals surface area contributed by atoms with Crippen LogP contribution in [0.4, 0.5) is 5.69 Å². The van der Waals surface area contributed by atoms with E-state index in [0.717, 1.165) is 11.3 Å². The standard InChI is InChI=1S/C19H17N3O2S/c20-19(25)22-15-6-11-18(21-12-15)24-17-9-7-16(8-10-17)23-13-14-4-2-1-3-5-14/h1-12H,13H2,(H3,20,22,25). The molecule has 1 heterocycles. The van der Waals surface area contributed by atoms with Gasteiger partial charge in [0.1, 0.15) is 18.1 Å². The molecule has 6 heteroatoms. The van der Waals surface area contributed by atoms with Gasteiger partial charge in [-0.15, -0.1) is 0 Å². The van der Waals surface area contributed by atoms with Gasteiger partial charge in [0.25, 0.3) is 0 Å². The molecule has 1 aromatic heterocycles. The number of nitrogens with one attached hydrogen (secondary N) is 1. The minimum absolute atomic E-state index is 0.196. The Morgan fingerprint density at radius 1 is 0.960 bits per heavy atom. The number of nitrogens with zero attached hydrogens (tertiary/aromatic N) is 1. The highest BCUT2D eigenvalue weighted by molar-refractivity contribution is 7.80. The Hall–Kier alpha value is -3.12. The number of thiocarbonyl (C=S) groups is 1. The highest BCUT2D eigenvalue weighted by Gasteiger charge is 2.01. The van der Waals surface area contributed by atoms with Crippen LogP contribution in [-0.2, 0) is 6.61 Å². The van der Waals surface area contributed by atoms with E-state index in [0.29, 0.717) is 23.9 Å². The van der Waals surface area contributed by atoms with E-state index in [-0.39, 0.29) is 5.11 Å². The van der Waals surface area contributed by atoms with Gasteiger partial charge in [0.15, 0.2) is 5.11 Å². The zero-order valence-corrected chi connectivity index (χ0v) is 14.2. The van der Waals surface area contributed by atoms with Crippen LogP contribution in [0.2, 0.25) is 0 Å². The number of anilines is 1. The Kier molecular flexibility index (Phi) is 5.43. The summed E-state index contributed by atoms with van der Waals surface area (Å²) >= 11 is 4.78. The summed E-state index contributed by atoms with van der Waals surface area (Å²) in [6, 6.07) is 20.9. The Balaban J connectivity index is 1.56. The molecule has 0 fully saturated rings. The van der Waals surface area contributed by atoms with Crippen LogP contribution in [0.15, 0.2) is 72.9 Å². The van der Waals surface area contributed by atoms with Crippen molar-refractivity contribution in [3.05, 3.63) is 78.5 Å². The maximum atomic E-state index is 5.75. The smallest absolute Gasteiger partial charge is 0.219 e. The van der Waals surface area contributed by atoms with E-state index >= 15 is 0 Å². The summed E-state index contributed by atoms with van der Waals surface area (Å²) in [5.41, 5.74) is 7.25. The molecule has 0 aliphatic heterocycles. The normalized spacial score (nSPS) is 10.1. The summed E-state index contributed by atoms with van der Waals surface area (Å²) in [7, 11) is 0. The highest BCUT2D eigenvalue weighted by atomic mass is 32.1. The van der Waals surface area contributed by atoms with Crippen molar-refractivity contribution >= 4 is 23.0 Å². The minimum atomic E-state index is 0.196. The monoisotopic (exact) mass is 351 g/mol. The van der Waals surface area contributed by atoms with Crippen molar-refractivity contribution in [1.82, 2.24) is 4.98 Å². The van der Waals surface area contributed by atoms with Gasteiger partial charge in [-0.1, -0.05) is 30.3 Å². The van der Waals surface area contributed by atoms with Crippen molar-refractivity contribution in [2.45, 2.75) is 6.61 Å². The highest BCUT2D eigenvalue weighted by Crippen LogP contribution is 2.23. The fourth-order valence-corrected chi connectivity index (χ4v) is 2.24. The lowest BCUT2D eigenvalue weighted by Gasteiger charge is -2.09. The number of aromatic nitrogens is 1. The van der Waals surface area contributed by atoms with Gasteiger partial charge in [0.05, 0.1) is 11.9 Å². The SMILES string of the molecule is NC(=S)Nc1ccc(Oc2ccc(OCc3ccccc3)cc2)nc1. The summed E-state index contributed by atoms with van der Waals surface area (Å²) in [4.78, 5) is 4.19. The quantitative estimate of drug-likeness (QED) is 0.652. The van der Waals surface area contributed by atoms with Crippen LogP contribution in [0.3, 0.4) is 0 Å². The third-order valence-corrected chi connectivity index (χ3v) is 3.40. The van der Waals surface area contributed by atoms with E-state index in [1.165, 1.54) is 0 Å². The average molecular weight is 351 g/mol. The van der Waals surface area contributed by atoms with Crippen molar-refractivity contribution in [3.8, 4) is 17.4 Å². The van der Waals surface area contributed by atoms with Crippen molar-refractivity contribution in [3.63, 3.8) is 0 Å². The zero-order chi connectivity index (χ0) is 17.5. The first-order chi connectivity index (χ1) is 12.2.